The highest BCUT2D eigenvalue weighted by atomic mass is 32.1. The van der Waals surface area contributed by atoms with E-state index in [1.54, 1.807) is 5.51 Å². The van der Waals surface area contributed by atoms with Gasteiger partial charge in [0.15, 0.2) is 0 Å². The summed E-state index contributed by atoms with van der Waals surface area (Å²) in [5.74, 6) is -0.233. The molecule has 1 N–H and O–H groups in total. The van der Waals surface area contributed by atoms with Gasteiger partial charge in [-0.25, -0.2) is 4.68 Å². The van der Waals surface area contributed by atoms with Crippen LogP contribution in [-0.4, -0.2) is 36.3 Å². The molecule has 9 heteroatoms. The average Bonchev–Trinajstić information content (AvgIpc) is 3.19. The molecular formula is C12H11N7OS. The highest BCUT2D eigenvalue weighted by Gasteiger charge is 2.23. The molecule has 0 radical (unpaired) electrons. The van der Waals surface area contributed by atoms with E-state index in [4.69, 9.17) is 0 Å². The first kappa shape index (κ1) is 13.3. The molecule has 3 rings (SSSR count). The largest absolute Gasteiger partial charge is 0.299 e. The van der Waals surface area contributed by atoms with Crippen LogP contribution in [0.15, 0.2) is 42.2 Å². The van der Waals surface area contributed by atoms with Gasteiger partial charge in [-0.3, -0.25) is 10.1 Å². The number of benzene rings is 1. The highest BCUT2D eigenvalue weighted by molar-refractivity contribution is 7.13. The number of aromatic nitrogens is 6. The van der Waals surface area contributed by atoms with Crippen molar-refractivity contribution >= 4 is 22.4 Å². The standard InChI is InChI=1S/C12H11N7OS/c20-11(15-12-16-14-8-21-12)10(19-7-13-17-18-19)6-9-4-2-1-3-5-9/h1-5,7-8,10H,6H2,(H,15,16,20)/t10-/m0/s1. The van der Waals surface area contributed by atoms with E-state index >= 15 is 0 Å². The number of tetrazole rings is 1. The number of nitrogens with zero attached hydrogens (tertiary/aromatic N) is 6. The Balaban J connectivity index is 1.81. The summed E-state index contributed by atoms with van der Waals surface area (Å²) in [4.78, 5) is 12.4. The van der Waals surface area contributed by atoms with Crippen LogP contribution < -0.4 is 5.32 Å². The molecule has 2 aromatic heterocycles. The van der Waals surface area contributed by atoms with Crippen molar-refractivity contribution in [3.8, 4) is 0 Å². The summed E-state index contributed by atoms with van der Waals surface area (Å²) in [5.41, 5.74) is 2.57. The average molecular weight is 301 g/mol. The van der Waals surface area contributed by atoms with Crippen molar-refractivity contribution in [2.75, 3.05) is 5.32 Å². The summed E-state index contributed by atoms with van der Waals surface area (Å²) in [7, 11) is 0. The predicted octanol–water partition coefficient (Wildman–Crippen LogP) is 0.947. The molecule has 0 fully saturated rings. The third-order valence-corrected chi connectivity index (χ3v) is 3.46. The lowest BCUT2D eigenvalue weighted by Crippen LogP contribution is -2.28. The van der Waals surface area contributed by atoms with Gasteiger partial charge in [-0.05, 0) is 16.0 Å². The zero-order chi connectivity index (χ0) is 14.5. The van der Waals surface area contributed by atoms with E-state index in [0.717, 1.165) is 5.56 Å². The number of nitrogens with one attached hydrogen (secondary N) is 1. The number of anilines is 1. The molecule has 2 heterocycles. The van der Waals surface area contributed by atoms with Crippen LogP contribution in [0.5, 0.6) is 0 Å². The minimum absolute atomic E-state index is 0.233. The van der Waals surface area contributed by atoms with Crippen LogP contribution in [0, 0.1) is 0 Å². The molecule has 0 spiro atoms. The van der Waals surface area contributed by atoms with E-state index < -0.39 is 6.04 Å². The van der Waals surface area contributed by atoms with Crippen molar-refractivity contribution < 1.29 is 4.79 Å². The van der Waals surface area contributed by atoms with E-state index in [0.29, 0.717) is 11.6 Å². The van der Waals surface area contributed by atoms with Gasteiger partial charge in [-0.2, -0.15) is 0 Å². The Hall–Kier alpha value is -2.68. The Morgan fingerprint density at radius 3 is 2.81 bits per heavy atom. The molecule has 0 bridgehead atoms. The van der Waals surface area contributed by atoms with Gasteiger partial charge in [0.2, 0.25) is 5.13 Å². The third kappa shape index (κ3) is 3.26. The molecule has 0 saturated carbocycles. The second-order valence-electron chi connectivity index (χ2n) is 4.23. The number of hydrogen-bond acceptors (Lipinski definition) is 7. The van der Waals surface area contributed by atoms with Gasteiger partial charge in [0, 0.05) is 6.42 Å². The molecule has 0 aliphatic rings. The first-order valence-electron chi connectivity index (χ1n) is 6.16. The zero-order valence-corrected chi connectivity index (χ0v) is 11.6. The molecule has 0 aliphatic heterocycles. The Bertz CT molecular complexity index is 684. The van der Waals surface area contributed by atoms with Gasteiger partial charge in [0.05, 0.1) is 0 Å². The highest BCUT2D eigenvalue weighted by Crippen LogP contribution is 2.16. The van der Waals surface area contributed by atoms with E-state index in [-0.39, 0.29) is 5.91 Å². The van der Waals surface area contributed by atoms with Crippen LogP contribution >= 0.6 is 11.3 Å². The first-order chi connectivity index (χ1) is 10.3. The maximum atomic E-state index is 12.4. The normalized spacial score (nSPS) is 12.0. The summed E-state index contributed by atoms with van der Waals surface area (Å²) in [6, 6.07) is 9.14. The molecule has 1 atom stereocenters. The van der Waals surface area contributed by atoms with Gasteiger partial charge < -0.3 is 0 Å². The van der Waals surface area contributed by atoms with Crippen molar-refractivity contribution in [2.24, 2.45) is 0 Å². The summed E-state index contributed by atoms with van der Waals surface area (Å²) >= 11 is 1.26. The fraction of sp³-hybridized carbons (Fsp3) is 0.167. The Kier molecular flexibility index (Phi) is 3.92. The second kappa shape index (κ2) is 6.18. The SMILES string of the molecule is O=C(Nc1nncs1)[C@H](Cc1ccccc1)n1cnnn1. The Labute approximate surface area is 123 Å². The molecule has 106 valence electrons. The van der Waals surface area contributed by atoms with Gasteiger partial charge in [0.25, 0.3) is 5.91 Å². The molecule has 21 heavy (non-hydrogen) atoms. The topological polar surface area (TPSA) is 98.5 Å². The summed E-state index contributed by atoms with van der Waals surface area (Å²) in [5, 5.41) is 21.7. The molecule has 1 aromatic carbocycles. The maximum absolute atomic E-state index is 12.4. The summed E-state index contributed by atoms with van der Waals surface area (Å²) < 4.78 is 1.43. The molecule has 0 aliphatic carbocycles. The summed E-state index contributed by atoms with van der Waals surface area (Å²) in [6.45, 7) is 0. The van der Waals surface area contributed by atoms with Gasteiger partial charge in [-0.15, -0.1) is 15.3 Å². The monoisotopic (exact) mass is 301 g/mol. The fourth-order valence-corrected chi connectivity index (χ4v) is 2.32. The van der Waals surface area contributed by atoms with Crippen LogP contribution in [0.4, 0.5) is 5.13 Å². The van der Waals surface area contributed by atoms with Crippen molar-refractivity contribution in [1.29, 1.82) is 0 Å². The fourth-order valence-electron chi connectivity index (χ4n) is 1.87. The van der Waals surface area contributed by atoms with Crippen LogP contribution in [0.25, 0.3) is 0 Å². The number of hydrogen-bond donors (Lipinski definition) is 1. The van der Waals surface area contributed by atoms with Crippen molar-refractivity contribution in [3.63, 3.8) is 0 Å². The number of carbonyl (C=O) groups is 1. The smallest absolute Gasteiger partial charge is 0.251 e. The van der Waals surface area contributed by atoms with Gasteiger partial charge in [-0.1, -0.05) is 41.7 Å². The van der Waals surface area contributed by atoms with Crippen LogP contribution in [-0.2, 0) is 11.2 Å². The van der Waals surface area contributed by atoms with Crippen LogP contribution in [0.3, 0.4) is 0 Å². The predicted molar refractivity (Wildman–Crippen MR) is 75.5 cm³/mol. The molecule has 0 unspecified atom stereocenters. The number of rotatable bonds is 5. The molecule has 3 aromatic rings. The van der Waals surface area contributed by atoms with Crippen molar-refractivity contribution in [3.05, 3.63) is 47.7 Å². The van der Waals surface area contributed by atoms with E-state index in [2.05, 4.69) is 31.0 Å². The lowest BCUT2D eigenvalue weighted by molar-refractivity contribution is -0.119. The number of carbonyl (C=O) groups excluding carboxylic acids is 1. The minimum atomic E-state index is -0.550. The van der Waals surface area contributed by atoms with Crippen LogP contribution in [0.1, 0.15) is 11.6 Å². The van der Waals surface area contributed by atoms with E-state index in [1.165, 1.54) is 22.3 Å². The minimum Gasteiger partial charge on any atom is -0.299 e. The Morgan fingerprint density at radius 2 is 2.14 bits per heavy atom. The van der Waals surface area contributed by atoms with Crippen molar-refractivity contribution in [2.45, 2.75) is 12.5 Å². The van der Waals surface area contributed by atoms with E-state index in [1.807, 2.05) is 30.3 Å². The molecular weight excluding hydrogens is 290 g/mol. The lowest BCUT2D eigenvalue weighted by Gasteiger charge is -2.15. The van der Waals surface area contributed by atoms with Crippen molar-refractivity contribution in [1.82, 2.24) is 30.4 Å². The second-order valence-corrected chi connectivity index (χ2v) is 5.06. The number of amides is 1. The Morgan fingerprint density at radius 1 is 1.29 bits per heavy atom. The zero-order valence-electron chi connectivity index (χ0n) is 10.8. The van der Waals surface area contributed by atoms with Gasteiger partial charge >= 0.3 is 0 Å². The van der Waals surface area contributed by atoms with Gasteiger partial charge in [0.1, 0.15) is 17.9 Å². The van der Waals surface area contributed by atoms with E-state index in [9.17, 15) is 4.79 Å². The molecule has 0 saturated heterocycles. The maximum Gasteiger partial charge on any atom is 0.251 e. The molecule has 1 amide bonds. The molecule has 8 nitrogen and oxygen atoms in total. The quantitative estimate of drug-likeness (QED) is 0.753. The van der Waals surface area contributed by atoms with Crippen LogP contribution in [0.2, 0.25) is 0 Å². The lowest BCUT2D eigenvalue weighted by atomic mass is 10.1. The third-order valence-electron chi connectivity index (χ3n) is 2.85. The first-order valence-corrected chi connectivity index (χ1v) is 7.04. The summed E-state index contributed by atoms with van der Waals surface area (Å²) in [6.07, 6.45) is 1.91.